The Balaban J connectivity index is 1.45. The molecule has 0 radical (unpaired) electrons. The van der Waals surface area contributed by atoms with Crippen LogP contribution in [0.2, 0.25) is 5.28 Å². The topological polar surface area (TPSA) is 76.4 Å². The van der Waals surface area contributed by atoms with Crippen LogP contribution in [0, 0.1) is 0 Å². The first-order valence-electron chi connectivity index (χ1n) is 9.96. The maximum Gasteiger partial charge on any atom is 0.410 e. The third kappa shape index (κ3) is 3.07. The summed E-state index contributed by atoms with van der Waals surface area (Å²) in [5, 5.41) is 0.213. The predicted molar refractivity (Wildman–Crippen MR) is 106 cm³/mol. The number of amides is 1. The molecule has 2 atom stereocenters. The summed E-state index contributed by atoms with van der Waals surface area (Å²) in [7, 11) is 0. The van der Waals surface area contributed by atoms with Gasteiger partial charge in [0, 0.05) is 19.1 Å². The van der Waals surface area contributed by atoms with Gasteiger partial charge in [-0.3, -0.25) is 4.90 Å². The number of piperazine rings is 1. The Labute approximate surface area is 168 Å². The van der Waals surface area contributed by atoms with Crippen molar-refractivity contribution in [2.45, 2.75) is 70.2 Å². The quantitative estimate of drug-likeness (QED) is 0.714. The molecule has 2 aliphatic heterocycles. The number of carbonyl (C=O) groups is 1. The van der Waals surface area contributed by atoms with Crippen molar-refractivity contribution in [1.29, 1.82) is 0 Å². The Morgan fingerprint density at radius 3 is 2.36 bits per heavy atom. The number of halogens is 1. The van der Waals surface area contributed by atoms with Gasteiger partial charge in [-0.1, -0.05) is 0 Å². The van der Waals surface area contributed by atoms with Gasteiger partial charge in [0.25, 0.3) is 0 Å². The van der Waals surface area contributed by atoms with Gasteiger partial charge in [-0.25, -0.2) is 9.78 Å². The molecule has 8 nitrogen and oxygen atoms in total. The first-order chi connectivity index (χ1) is 13.3. The summed E-state index contributed by atoms with van der Waals surface area (Å²) in [6, 6.07) is 0.720. The van der Waals surface area contributed by atoms with E-state index in [0.717, 1.165) is 37.0 Å². The van der Waals surface area contributed by atoms with Crippen molar-refractivity contribution in [3.05, 3.63) is 11.6 Å². The number of imidazole rings is 1. The largest absolute Gasteiger partial charge is 0.444 e. The van der Waals surface area contributed by atoms with E-state index >= 15 is 0 Å². The highest BCUT2D eigenvalue weighted by atomic mass is 35.5. The van der Waals surface area contributed by atoms with Crippen LogP contribution in [0.15, 0.2) is 6.33 Å². The summed E-state index contributed by atoms with van der Waals surface area (Å²) in [6.45, 7) is 7.15. The van der Waals surface area contributed by atoms with Crippen molar-refractivity contribution < 1.29 is 9.53 Å². The van der Waals surface area contributed by atoms with E-state index < -0.39 is 5.60 Å². The molecule has 9 heteroatoms. The minimum atomic E-state index is -0.489. The predicted octanol–water partition coefficient (Wildman–Crippen LogP) is 3.40. The summed E-state index contributed by atoms with van der Waals surface area (Å²) < 4.78 is 7.83. The second-order valence-corrected chi connectivity index (χ2v) is 9.39. The highest BCUT2D eigenvalue weighted by Crippen LogP contribution is 2.41. The fourth-order valence-electron chi connectivity index (χ4n) is 4.44. The molecule has 3 aliphatic rings. The van der Waals surface area contributed by atoms with Crippen LogP contribution >= 0.6 is 11.6 Å². The molecular formula is C19H25ClN6O2. The van der Waals surface area contributed by atoms with Crippen LogP contribution in [-0.2, 0) is 4.74 Å². The molecule has 0 spiro atoms. The highest BCUT2D eigenvalue weighted by Gasteiger charge is 2.45. The van der Waals surface area contributed by atoms with E-state index in [2.05, 4.69) is 24.4 Å². The van der Waals surface area contributed by atoms with Crippen LogP contribution in [-0.4, -0.2) is 61.3 Å². The molecule has 0 N–H and O–H groups in total. The molecule has 2 aromatic rings. The Morgan fingerprint density at radius 1 is 1.11 bits per heavy atom. The molecule has 3 fully saturated rings. The number of fused-ring (bicyclic) bond motifs is 3. The molecule has 150 valence electrons. The molecule has 2 aromatic heterocycles. The van der Waals surface area contributed by atoms with Gasteiger partial charge < -0.3 is 14.2 Å². The summed E-state index contributed by atoms with van der Waals surface area (Å²) in [4.78, 5) is 30.2. The summed E-state index contributed by atoms with van der Waals surface area (Å²) in [6.07, 6.45) is 5.90. The molecule has 28 heavy (non-hydrogen) atoms. The fourth-order valence-corrected chi connectivity index (χ4v) is 4.60. The second kappa shape index (κ2) is 6.20. The van der Waals surface area contributed by atoms with Gasteiger partial charge in [0.15, 0.2) is 11.5 Å². The Kier molecular flexibility index (Phi) is 3.98. The number of rotatable bonds is 2. The lowest BCUT2D eigenvalue weighted by Gasteiger charge is -2.41. The maximum absolute atomic E-state index is 12.7. The van der Waals surface area contributed by atoms with Crippen molar-refractivity contribution >= 4 is 34.7 Å². The lowest BCUT2D eigenvalue weighted by atomic mass is 10.2. The first-order valence-corrected chi connectivity index (χ1v) is 10.3. The zero-order chi connectivity index (χ0) is 19.6. The van der Waals surface area contributed by atoms with Crippen molar-refractivity contribution in [3.63, 3.8) is 0 Å². The first kappa shape index (κ1) is 18.0. The zero-order valence-electron chi connectivity index (χ0n) is 16.4. The van der Waals surface area contributed by atoms with Gasteiger partial charge in [0.1, 0.15) is 11.1 Å². The Morgan fingerprint density at radius 2 is 1.75 bits per heavy atom. The third-order valence-electron chi connectivity index (χ3n) is 5.71. The molecule has 1 aliphatic carbocycles. The standard InChI is InChI=1S/C19H25ClN6O2/c1-19(2,3)28-18(27)26-12-6-7-13(26)9-24(8-12)16-14-15(22-17(20)23-16)21-10-25(14)11-4-5-11/h10-13H,4-9H2,1-3H3. The van der Waals surface area contributed by atoms with Gasteiger partial charge in [-0.15, -0.1) is 0 Å². The minimum absolute atomic E-state index is 0.120. The van der Waals surface area contributed by atoms with Gasteiger partial charge in [0.05, 0.1) is 18.4 Å². The van der Waals surface area contributed by atoms with E-state index in [4.69, 9.17) is 16.3 Å². The van der Waals surface area contributed by atoms with E-state index in [1.54, 1.807) is 0 Å². The number of anilines is 1. The second-order valence-electron chi connectivity index (χ2n) is 9.05. The van der Waals surface area contributed by atoms with Crippen LogP contribution in [0.1, 0.15) is 52.5 Å². The van der Waals surface area contributed by atoms with E-state index in [1.165, 1.54) is 0 Å². The normalized spacial score (nSPS) is 24.9. The minimum Gasteiger partial charge on any atom is -0.444 e. The van der Waals surface area contributed by atoms with Gasteiger partial charge in [-0.2, -0.15) is 9.97 Å². The lowest BCUT2D eigenvalue weighted by molar-refractivity contribution is 0.0123. The van der Waals surface area contributed by atoms with Gasteiger partial charge >= 0.3 is 6.09 Å². The number of nitrogens with zero attached hydrogens (tertiary/aromatic N) is 6. The lowest BCUT2D eigenvalue weighted by Crippen LogP contribution is -2.57. The monoisotopic (exact) mass is 404 g/mol. The maximum atomic E-state index is 12.7. The molecule has 1 saturated carbocycles. The van der Waals surface area contributed by atoms with Gasteiger partial charge in [-0.05, 0) is 58.1 Å². The highest BCUT2D eigenvalue weighted by molar-refractivity contribution is 6.28. The Bertz CT molecular complexity index is 920. The van der Waals surface area contributed by atoms with E-state index in [0.29, 0.717) is 24.8 Å². The summed E-state index contributed by atoms with van der Waals surface area (Å²) in [5.74, 6) is 0.833. The van der Waals surface area contributed by atoms with E-state index in [9.17, 15) is 4.79 Å². The third-order valence-corrected chi connectivity index (χ3v) is 5.88. The van der Waals surface area contributed by atoms with Gasteiger partial charge in [0.2, 0.25) is 5.28 Å². The van der Waals surface area contributed by atoms with Crippen LogP contribution in [0.3, 0.4) is 0 Å². The number of aromatic nitrogens is 4. The molecule has 2 unspecified atom stereocenters. The van der Waals surface area contributed by atoms with Crippen LogP contribution in [0.4, 0.5) is 10.6 Å². The molecular weight excluding hydrogens is 380 g/mol. The summed E-state index contributed by atoms with van der Waals surface area (Å²) in [5.41, 5.74) is 1.11. The fraction of sp³-hybridized carbons (Fsp3) is 0.684. The van der Waals surface area contributed by atoms with Crippen molar-refractivity contribution in [2.24, 2.45) is 0 Å². The number of carbonyl (C=O) groups excluding carboxylic acids is 1. The SMILES string of the molecule is CC(C)(C)OC(=O)N1C2CCC1CN(c1nc(Cl)nc3ncn(C4CC4)c13)C2. The average molecular weight is 405 g/mol. The molecule has 0 aromatic carbocycles. The van der Waals surface area contributed by atoms with E-state index in [-0.39, 0.29) is 23.5 Å². The molecule has 2 saturated heterocycles. The van der Waals surface area contributed by atoms with Crippen LogP contribution < -0.4 is 4.90 Å². The number of hydrogen-bond donors (Lipinski definition) is 0. The van der Waals surface area contributed by atoms with Crippen LogP contribution in [0.5, 0.6) is 0 Å². The zero-order valence-corrected chi connectivity index (χ0v) is 17.2. The average Bonchev–Trinajstić information content (AvgIpc) is 3.30. The summed E-state index contributed by atoms with van der Waals surface area (Å²) >= 11 is 6.20. The Hall–Kier alpha value is -2.09. The number of ether oxygens (including phenoxy) is 1. The molecule has 2 bridgehead atoms. The smallest absolute Gasteiger partial charge is 0.410 e. The number of hydrogen-bond acceptors (Lipinski definition) is 6. The van der Waals surface area contributed by atoms with Crippen molar-refractivity contribution in [2.75, 3.05) is 18.0 Å². The molecule has 5 rings (SSSR count). The van der Waals surface area contributed by atoms with E-state index in [1.807, 2.05) is 32.0 Å². The molecule has 4 heterocycles. The molecule has 1 amide bonds. The van der Waals surface area contributed by atoms with Crippen LogP contribution in [0.25, 0.3) is 11.2 Å². The van der Waals surface area contributed by atoms with Crippen molar-refractivity contribution in [1.82, 2.24) is 24.4 Å². The van der Waals surface area contributed by atoms with Crippen molar-refractivity contribution in [3.8, 4) is 0 Å².